The Kier molecular flexibility index (Phi) is 6.25. The maximum Gasteiger partial charge on any atom is 0.194 e. The maximum atomic E-state index is 11.6. The molecule has 8 heteroatoms. The van der Waals surface area contributed by atoms with Gasteiger partial charge in [0.2, 0.25) is 0 Å². The lowest BCUT2D eigenvalue weighted by atomic mass is 10.1. The van der Waals surface area contributed by atoms with E-state index in [0.717, 1.165) is 32.0 Å². The van der Waals surface area contributed by atoms with Gasteiger partial charge in [0.25, 0.3) is 0 Å². The van der Waals surface area contributed by atoms with Crippen molar-refractivity contribution in [2.45, 2.75) is 25.8 Å². The Morgan fingerprint density at radius 3 is 2.83 bits per heavy atom. The number of likely N-dealkylation sites (N-methyl/N-ethyl adjacent to an activating group) is 1. The molecule has 2 saturated heterocycles. The van der Waals surface area contributed by atoms with Gasteiger partial charge in [0, 0.05) is 32.7 Å². The Balaban J connectivity index is 2.01. The molecule has 2 fully saturated rings. The van der Waals surface area contributed by atoms with Crippen LogP contribution in [-0.2, 0) is 9.84 Å². The molecule has 0 spiro atoms. The molecule has 2 atom stereocenters. The van der Waals surface area contributed by atoms with Crippen LogP contribution in [0, 0.1) is 17.2 Å². The van der Waals surface area contributed by atoms with E-state index in [2.05, 4.69) is 33.1 Å². The summed E-state index contributed by atoms with van der Waals surface area (Å²) in [4.78, 5) is 8.84. The number of nitrogens with one attached hydrogen (secondary N) is 1. The fraction of sp³-hybridized carbons (Fsp3) is 0.867. The average molecular weight is 341 g/mol. The molecule has 7 nitrogen and oxygen atoms in total. The summed E-state index contributed by atoms with van der Waals surface area (Å²) in [6, 6.07) is 2.19. The van der Waals surface area contributed by atoms with E-state index in [1.807, 2.05) is 7.05 Å². The van der Waals surface area contributed by atoms with Crippen LogP contribution in [0.1, 0.15) is 19.8 Å². The van der Waals surface area contributed by atoms with Crippen molar-refractivity contribution in [1.82, 2.24) is 15.1 Å². The van der Waals surface area contributed by atoms with E-state index >= 15 is 0 Å². The first-order valence-corrected chi connectivity index (χ1v) is 10.1. The SMILES string of the molecule is CCCNC(=NCC1CCS(=O)(=O)C1)N1CCN(C)C(C#N)C1. The monoisotopic (exact) mass is 341 g/mol. The first kappa shape index (κ1) is 18.0. The van der Waals surface area contributed by atoms with E-state index in [9.17, 15) is 13.7 Å². The van der Waals surface area contributed by atoms with E-state index in [1.54, 1.807) is 0 Å². The summed E-state index contributed by atoms with van der Waals surface area (Å²) in [6.45, 7) is 5.73. The minimum Gasteiger partial charge on any atom is -0.356 e. The first-order valence-electron chi connectivity index (χ1n) is 8.28. The van der Waals surface area contributed by atoms with E-state index in [-0.39, 0.29) is 23.5 Å². The number of nitriles is 1. The predicted octanol–water partition coefficient (Wildman–Crippen LogP) is -0.0837. The Morgan fingerprint density at radius 2 is 2.22 bits per heavy atom. The minimum absolute atomic E-state index is 0.123. The zero-order valence-electron chi connectivity index (χ0n) is 14.0. The highest BCUT2D eigenvalue weighted by Crippen LogP contribution is 2.18. The van der Waals surface area contributed by atoms with Gasteiger partial charge in [-0.3, -0.25) is 9.89 Å². The molecule has 130 valence electrons. The zero-order chi connectivity index (χ0) is 16.9. The van der Waals surface area contributed by atoms with E-state index in [1.165, 1.54) is 0 Å². The lowest BCUT2D eigenvalue weighted by Gasteiger charge is -2.37. The number of hydrogen-bond donors (Lipinski definition) is 1. The van der Waals surface area contributed by atoms with Crippen molar-refractivity contribution in [3.05, 3.63) is 0 Å². The van der Waals surface area contributed by atoms with Crippen LogP contribution in [-0.4, -0.2) is 81.5 Å². The van der Waals surface area contributed by atoms with Crippen molar-refractivity contribution < 1.29 is 8.42 Å². The molecule has 2 aliphatic heterocycles. The molecule has 0 aromatic rings. The van der Waals surface area contributed by atoms with E-state index in [0.29, 0.717) is 19.5 Å². The van der Waals surface area contributed by atoms with Gasteiger partial charge < -0.3 is 10.2 Å². The molecule has 0 aromatic heterocycles. The van der Waals surface area contributed by atoms with Gasteiger partial charge in [-0.05, 0) is 25.8 Å². The predicted molar refractivity (Wildman–Crippen MR) is 91.0 cm³/mol. The van der Waals surface area contributed by atoms with Gasteiger partial charge >= 0.3 is 0 Å². The molecule has 2 aliphatic rings. The third kappa shape index (κ3) is 5.08. The molecule has 0 aliphatic carbocycles. The van der Waals surface area contributed by atoms with Gasteiger partial charge in [-0.1, -0.05) is 6.92 Å². The summed E-state index contributed by atoms with van der Waals surface area (Å²) in [5.41, 5.74) is 0. The molecular weight excluding hydrogens is 314 g/mol. The maximum absolute atomic E-state index is 11.6. The third-order valence-corrected chi connectivity index (χ3v) is 6.29. The molecule has 2 heterocycles. The summed E-state index contributed by atoms with van der Waals surface area (Å²) in [5, 5.41) is 12.6. The number of hydrogen-bond acceptors (Lipinski definition) is 5. The summed E-state index contributed by atoms with van der Waals surface area (Å²) >= 11 is 0. The number of sulfone groups is 1. The number of guanidine groups is 1. The normalized spacial score (nSPS) is 28.6. The lowest BCUT2D eigenvalue weighted by molar-refractivity contribution is 0.171. The van der Waals surface area contributed by atoms with Crippen molar-refractivity contribution in [2.24, 2.45) is 10.9 Å². The van der Waals surface area contributed by atoms with Crippen LogP contribution in [0.15, 0.2) is 4.99 Å². The quantitative estimate of drug-likeness (QED) is 0.568. The molecule has 23 heavy (non-hydrogen) atoms. The molecule has 2 rings (SSSR count). The van der Waals surface area contributed by atoms with Crippen molar-refractivity contribution in [3.8, 4) is 6.07 Å². The van der Waals surface area contributed by atoms with Crippen molar-refractivity contribution in [1.29, 1.82) is 5.26 Å². The van der Waals surface area contributed by atoms with Crippen LogP contribution in [0.5, 0.6) is 0 Å². The van der Waals surface area contributed by atoms with E-state index < -0.39 is 9.84 Å². The third-order valence-electron chi connectivity index (χ3n) is 4.46. The number of nitrogens with zero attached hydrogens (tertiary/aromatic N) is 4. The molecule has 2 unspecified atom stereocenters. The first-order chi connectivity index (χ1) is 10.9. The van der Waals surface area contributed by atoms with Crippen LogP contribution in [0.25, 0.3) is 0 Å². The second-order valence-corrected chi connectivity index (χ2v) is 8.66. The fourth-order valence-electron chi connectivity index (χ4n) is 2.94. The number of rotatable bonds is 4. The van der Waals surface area contributed by atoms with Crippen LogP contribution in [0.3, 0.4) is 0 Å². The minimum atomic E-state index is -2.86. The Labute approximate surface area is 139 Å². The summed E-state index contributed by atoms with van der Waals surface area (Å²) < 4.78 is 23.1. The Morgan fingerprint density at radius 1 is 1.43 bits per heavy atom. The van der Waals surface area contributed by atoms with Gasteiger partial charge in [-0.25, -0.2) is 8.42 Å². The number of piperazine rings is 1. The van der Waals surface area contributed by atoms with Crippen LogP contribution < -0.4 is 5.32 Å². The topological polar surface area (TPSA) is 88.8 Å². The smallest absolute Gasteiger partial charge is 0.194 e. The molecule has 0 aromatic carbocycles. The van der Waals surface area contributed by atoms with Gasteiger partial charge in [0.15, 0.2) is 15.8 Å². The molecule has 0 saturated carbocycles. The van der Waals surface area contributed by atoms with Crippen LogP contribution in [0.4, 0.5) is 0 Å². The largest absolute Gasteiger partial charge is 0.356 e. The highest BCUT2D eigenvalue weighted by molar-refractivity contribution is 7.91. The molecule has 0 amide bonds. The van der Waals surface area contributed by atoms with Gasteiger partial charge in [0.1, 0.15) is 6.04 Å². The molecule has 1 N–H and O–H groups in total. The second kappa shape index (κ2) is 7.97. The second-order valence-electron chi connectivity index (χ2n) is 6.43. The fourth-order valence-corrected chi connectivity index (χ4v) is 4.79. The van der Waals surface area contributed by atoms with Gasteiger partial charge in [0.05, 0.1) is 17.6 Å². The van der Waals surface area contributed by atoms with Crippen molar-refractivity contribution >= 4 is 15.8 Å². The van der Waals surface area contributed by atoms with Crippen molar-refractivity contribution in [3.63, 3.8) is 0 Å². The van der Waals surface area contributed by atoms with Crippen molar-refractivity contribution in [2.75, 3.05) is 51.3 Å². The Bertz CT molecular complexity index is 569. The van der Waals surface area contributed by atoms with E-state index in [4.69, 9.17) is 0 Å². The van der Waals surface area contributed by atoms with Crippen LogP contribution >= 0.6 is 0 Å². The number of aliphatic imine (C=N–C) groups is 1. The standard InChI is InChI=1S/C15H27N5O2S/c1-3-5-17-15(18-10-13-4-8-23(21,22)12-13)20-7-6-19(2)14(9-16)11-20/h13-14H,3-8,10-12H2,1-2H3,(H,17,18). The highest BCUT2D eigenvalue weighted by Gasteiger charge is 2.29. The average Bonchev–Trinajstić information content (AvgIpc) is 2.87. The Hall–Kier alpha value is -1.33. The lowest BCUT2D eigenvalue weighted by Crippen LogP contribution is -2.55. The molecule has 0 radical (unpaired) electrons. The van der Waals surface area contributed by atoms with Crippen LogP contribution in [0.2, 0.25) is 0 Å². The summed E-state index contributed by atoms with van der Waals surface area (Å²) in [7, 11) is -0.895. The zero-order valence-corrected chi connectivity index (χ0v) is 14.8. The molecule has 0 bridgehead atoms. The summed E-state index contributed by atoms with van der Waals surface area (Å²) in [5.74, 6) is 1.47. The van der Waals surface area contributed by atoms with Gasteiger partial charge in [-0.15, -0.1) is 0 Å². The summed E-state index contributed by atoms with van der Waals surface area (Å²) in [6.07, 6.45) is 1.70. The highest BCUT2D eigenvalue weighted by atomic mass is 32.2. The van der Waals surface area contributed by atoms with Gasteiger partial charge in [-0.2, -0.15) is 5.26 Å². The molecular formula is C15H27N5O2S.